The van der Waals surface area contributed by atoms with Crippen LogP contribution in [0.1, 0.15) is 33.3 Å². The van der Waals surface area contributed by atoms with E-state index in [1.165, 1.54) is 0 Å². The van der Waals surface area contributed by atoms with Gasteiger partial charge in [0.1, 0.15) is 6.61 Å². The highest BCUT2D eigenvalue weighted by atomic mass is 79.9. The minimum absolute atomic E-state index is 0.109. The van der Waals surface area contributed by atoms with E-state index in [2.05, 4.69) is 15.9 Å². The summed E-state index contributed by atoms with van der Waals surface area (Å²) in [4.78, 5) is 0. The van der Waals surface area contributed by atoms with Crippen molar-refractivity contribution in [3.63, 3.8) is 0 Å². The molecule has 4 nitrogen and oxygen atoms in total. The molecule has 5 heteroatoms. The number of ether oxygens (including phenoxy) is 3. The molecular formula is C16H26BrNO3. The Labute approximate surface area is 136 Å². The SMILES string of the molecule is CCOc1cc(CC(C)N)cc(Br)c1OCCOC(C)C. The molecule has 0 spiro atoms. The summed E-state index contributed by atoms with van der Waals surface area (Å²) in [5, 5.41) is 0. The molecule has 0 aliphatic heterocycles. The Morgan fingerprint density at radius 2 is 1.86 bits per heavy atom. The minimum Gasteiger partial charge on any atom is -0.490 e. The van der Waals surface area contributed by atoms with Gasteiger partial charge in [-0.3, -0.25) is 0 Å². The van der Waals surface area contributed by atoms with E-state index in [4.69, 9.17) is 19.9 Å². The monoisotopic (exact) mass is 359 g/mol. The van der Waals surface area contributed by atoms with Crippen LogP contribution in [0.3, 0.4) is 0 Å². The molecular weight excluding hydrogens is 334 g/mol. The van der Waals surface area contributed by atoms with E-state index in [1.54, 1.807) is 0 Å². The Bertz CT molecular complexity index is 436. The van der Waals surface area contributed by atoms with Crippen LogP contribution >= 0.6 is 15.9 Å². The molecule has 1 rings (SSSR count). The number of nitrogens with two attached hydrogens (primary N) is 1. The summed E-state index contributed by atoms with van der Waals surface area (Å²) in [6.45, 7) is 9.59. The van der Waals surface area contributed by atoms with E-state index >= 15 is 0 Å². The van der Waals surface area contributed by atoms with Crippen molar-refractivity contribution in [1.29, 1.82) is 0 Å². The first kappa shape index (κ1) is 18.3. The quantitative estimate of drug-likeness (QED) is 0.685. The molecule has 0 bridgehead atoms. The highest BCUT2D eigenvalue weighted by Crippen LogP contribution is 2.37. The van der Waals surface area contributed by atoms with Crippen molar-refractivity contribution in [2.45, 2.75) is 46.3 Å². The fourth-order valence-electron chi connectivity index (χ4n) is 1.94. The van der Waals surface area contributed by atoms with Crippen LogP contribution in [-0.2, 0) is 11.2 Å². The molecule has 0 fully saturated rings. The number of hydrogen-bond donors (Lipinski definition) is 1. The smallest absolute Gasteiger partial charge is 0.175 e. The van der Waals surface area contributed by atoms with E-state index < -0.39 is 0 Å². The van der Waals surface area contributed by atoms with E-state index in [0.29, 0.717) is 19.8 Å². The van der Waals surface area contributed by atoms with Crippen LogP contribution in [0.5, 0.6) is 11.5 Å². The second-order valence-electron chi connectivity index (χ2n) is 5.29. The maximum Gasteiger partial charge on any atom is 0.175 e. The molecule has 0 saturated carbocycles. The van der Waals surface area contributed by atoms with Gasteiger partial charge in [-0.05, 0) is 67.7 Å². The van der Waals surface area contributed by atoms with Gasteiger partial charge in [0.2, 0.25) is 0 Å². The highest BCUT2D eigenvalue weighted by Gasteiger charge is 2.13. The Balaban J connectivity index is 2.80. The lowest BCUT2D eigenvalue weighted by Gasteiger charge is -2.16. The number of halogens is 1. The van der Waals surface area contributed by atoms with Gasteiger partial charge < -0.3 is 19.9 Å². The van der Waals surface area contributed by atoms with E-state index in [-0.39, 0.29) is 12.1 Å². The summed E-state index contributed by atoms with van der Waals surface area (Å²) in [6, 6.07) is 4.14. The van der Waals surface area contributed by atoms with Gasteiger partial charge >= 0.3 is 0 Å². The van der Waals surface area contributed by atoms with Crippen LogP contribution in [0, 0.1) is 0 Å². The molecule has 0 aliphatic rings. The van der Waals surface area contributed by atoms with Crippen LogP contribution in [0.15, 0.2) is 16.6 Å². The highest BCUT2D eigenvalue weighted by molar-refractivity contribution is 9.10. The van der Waals surface area contributed by atoms with E-state index in [1.807, 2.05) is 39.8 Å². The van der Waals surface area contributed by atoms with Crippen molar-refractivity contribution >= 4 is 15.9 Å². The Morgan fingerprint density at radius 1 is 1.14 bits per heavy atom. The summed E-state index contributed by atoms with van der Waals surface area (Å²) in [5.74, 6) is 1.46. The van der Waals surface area contributed by atoms with Crippen molar-refractivity contribution < 1.29 is 14.2 Å². The first-order valence-electron chi connectivity index (χ1n) is 7.39. The van der Waals surface area contributed by atoms with Gasteiger partial charge in [-0.2, -0.15) is 0 Å². The predicted octanol–water partition coefficient (Wildman–Crippen LogP) is 3.54. The van der Waals surface area contributed by atoms with Crippen LogP contribution in [0.4, 0.5) is 0 Å². The van der Waals surface area contributed by atoms with Gasteiger partial charge in [0.15, 0.2) is 11.5 Å². The third kappa shape index (κ3) is 6.68. The van der Waals surface area contributed by atoms with Crippen LogP contribution < -0.4 is 15.2 Å². The predicted molar refractivity (Wildman–Crippen MR) is 89.2 cm³/mol. The zero-order valence-corrected chi connectivity index (χ0v) is 14.9. The maximum atomic E-state index is 5.86. The van der Waals surface area contributed by atoms with Crippen molar-refractivity contribution in [2.24, 2.45) is 5.73 Å². The van der Waals surface area contributed by atoms with Gasteiger partial charge in [0.25, 0.3) is 0 Å². The van der Waals surface area contributed by atoms with Crippen LogP contribution in [-0.4, -0.2) is 32.0 Å². The summed E-state index contributed by atoms with van der Waals surface area (Å²) in [5.41, 5.74) is 6.99. The van der Waals surface area contributed by atoms with Crippen LogP contribution in [0.2, 0.25) is 0 Å². The average molecular weight is 360 g/mol. The number of rotatable bonds is 9. The van der Waals surface area contributed by atoms with Gasteiger partial charge in [-0.25, -0.2) is 0 Å². The Hall–Kier alpha value is -0.780. The van der Waals surface area contributed by atoms with Crippen molar-refractivity contribution in [2.75, 3.05) is 19.8 Å². The average Bonchev–Trinajstić information content (AvgIpc) is 2.36. The molecule has 0 radical (unpaired) electrons. The van der Waals surface area contributed by atoms with Gasteiger partial charge in [-0.1, -0.05) is 0 Å². The molecule has 0 aliphatic carbocycles. The number of hydrogen-bond acceptors (Lipinski definition) is 4. The summed E-state index contributed by atoms with van der Waals surface area (Å²) in [6.07, 6.45) is 1.01. The van der Waals surface area contributed by atoms with Crippen molar-refractivity contribution in [1.82, 2.24) is 0 Å². The zero-order valence-electron chi connectivity index (χ0n) is 13.3. The summed E-state index contributed by atoms with van der Waals surface area (Å²) < 4.78 is 17.8. The van der Waals surface area contributed by atoms with Gasteiger partial charge in [0.05, 0.1) is 23.8 Å². The zero-order chi connectivity index (χ0) is 15.8. The second kappa shape index (κ2) is 9.28. The molecule has 0 aromatic heterocycles. The molecule has 1 atom stereocenters. The third-order valence-corrected chi connectivity index (χ3v) is 3.30. The molecule has 0 heterocycles. The lowest BCUT2D eigenvalue weighted by atomic mass is 10.1. The first-order chi connectivity index (χ1) is 9.93. The van der Waals surface area contributed by atoms with E-state index in [9.17, 15) is 0 Å². The minimum atomic E-state index is 0.109. The van der Waals surface area contributed by atoms with Gasteiger partial charge in [0, 0.05) is 6.04 Å². The molecule has 0 amide bonds. The topological polar surface area (TPSA) is 53.7 Å². The van der Waals surface area contributed by atoms with Gasteiger partial charge in [-0.15, -0.1) is 0 Å². The fourth-order valence-corrected chi connectivity index (χ4v) is 2.55. The fraction of sp³-hybridized carbons (Fsp3) is 0.625. The third-order valence-electron chi connectivity index (χ3n) is 2.71. The summed E-state index contributed by atoms with van der Waals surface area (Å²) >= 11 is 3.55. The molecule has 1 aromatic carbocycles. The molecule has 0 saturated heterocycles. The Kier molecular flexibility index (Phi) is 8.07. The second-order valence-corrected chi connectivity index (χ2v) is 6.14. The standard InChI is InChI=1S/C16H26BrNO3/c1-5-19-15-10-13(8-12(4)18)9-14(17)16(15)21-7-6-20-11(2)3/h9-12H,5-8,18H2,1-4H3. The number of benzene rings is 1. The maximum absolute atomic E-state index is 5.86. The molecule has 120 valence electrons. The van der Waals surface area contributed by atoms with E-state index in [0.717, 1.165) is 28.0 Å². The lowest BCUT2D eigenvalue weighted by Crippen LogP contribution is -2.18. The normalized spacial score (nSPS) is 12.5. The molecule has 2 N–H and O–H groups in total. The van der Waals surface area contributed by atoms with Crippen molar-refractivity contribution in [3.8, 4) is 11.5 Å². The summed E-state index contributed by atoms with van der Waals surface area (Å²) in [7, 11) is 0. The largest absolute Gasteiger partial charge is 0.490 e. The van der Waals surface area contributed by atoms with Crippen molar-refractivity contribution in [3.05, 3.63) is 22.2 Å². The molecule has 21 heavy (non-hydrogen) atoms. The molecule has 1 unspecified atom stereocenters. The lowest BCUT2D eigenvalue weighted by molar-refractivity contribution is 0.0544. The Morgan fingerprint density at radius 3 is 2.43 bits per heavy atom. The first-order valence-corrected chi connectivity index (χ1v) is 8.18. The van der Waals surface area contributed by atoms with Crippen LogP contribution in [0.25, 0.3) is 0 Å². The molecule has 1 aromatic rings.